The van der Waals surface area contributed by atoms with Crippen molar-refractivity contribution in [3.8, 4) is 0 Å². The predicted molar refractivity (Wildman–Crippen MR) is 69.6 cm³/mol. The van der Waals surface area contributed by atoms with Crippen molar-refractivity contribution in [2.45, 2.75) is 13.0 Å². The smallest absolute Gasteiger partial charge is 0.270 e. The van der Waals surface area contributed by atoms with Gasteiger partial charge in [0.1, 0.15) is 0 Å². The number of fused-ring (bicyclic) bond motifs is 1. The van der Waals surface area contributed by atoms with E-state index in [1.165, 1.54) is 24.0 Å². The normalized spacial score (nSPS) is 17.8. The number of nitro groups is 1. The molecule has 8 heteroatoms. The molecule has 21 heavy (non-hydrogen) atoms. The van der Waals surface area contributed by atoms with E-state index in [9.17, 15) is 24.5 Å². The van der Waals surface area contributed by atoms with E-state index in [1.54, 1.807) is 0 Å². The SMILES string of the molecule is CC(=O)N1CC(N2C(=O)c3ccc([N+](=O)[O-])cc3C2=O)C1. The summed E-state index contributed by atoms with van der Waals surface area (Å²) in [6.07, 6.45) is 0. The molecule has 108 valence electrons. The zero-order valence-electron chi connectivity index (χ0n) is 11.1. The molecule has 1 aromatic rings. The maximum Gasteiger partial charge on any atom is 0.270 e. The average molecular weight is 289 g/mol. The second-order valence-electron chi connectivity index (χ2n) is 5.05. The molecular formula is C13H11N3O5. The van der Waals surface area contributed by atoms with Gasteiger partial charge in [0.2, 0.25) is 5.91 Å². The van der Waals surface area contributed by atoms with Crippen LogP contribution in [0, 0.1) is 10.1 Å². The van der Waals surface area contributed by atoms with E-state index >= 15 is 0 Å². The minimum atomic E-state index is -0.610. The molecule has 3 rings (SSSR count). The second kappa shape index (κ2) is 4.37. The van der Waals surface area contributed by atoms with Crippen LogP contribution in [0.5, 0.6) is 0 Å². The highest BCUT2D eigenvalue weighted by molar-refractivity contribution is 6.22. The quantitative estimate of drug-likeness (QED) is 0.446. The zero-order valence-corrected chi connectivity index (χ0v) is 11.1. The summed E-state index contributed by atoms with van der Waals surface area (Å²) < 4.78 is 0. The molecule has 8 nitrogen and oxygen atoms in total. The first-order valence-electron chi connectivity index (χ1n) is 6.32. The Morgan fingerprint density at radius 2 is 1.86 bits per heavy atom. The molecule has 0 bridgehead atoms. The van der Waals surface area contributed by atoms with Crippen LogP contribution in [-0.4, -0.2) is 51.6 Å². The van der Waals surface area contributed by atoms with Gasteiger partial charge in [0.15, 0.2) is 0 Å². The highest BCUT2D eigenvalue weighted by atomic mass is 16.6. The van der Waals surface area contributed by atoms with Crippen molar-refractivity contribution in [2.24, 2.45) is 0 Å². The molecule has 0 N–H and O–H groups in total. The van der Waals surface area contributed by atoms with E-state index in [1.807, 2.05) is 0 Å². The van der Waals surface area contributed by atoms with Crippen LogP contribution in [0.3, 0.4) is 0 Å². The monoisotopic (exact) mass is 289 g/mol. The zero-order chi connectivity index (χ0) is 15.3. The van der Waals surface area contributed by atoms with E-state index in [2.05, 4.69) is 0 Å². The Morgan fingerprint density at radius 3 is 2.43 bits per heavy atom. The van der Waals surface area contributed by atoms with Crippen molar-refractivity contribution in [1.82, 2.24) is 9.80 Å². The van der Waals surface area contributed by atoms with Gasteiger partial charge in [0.25, 0.3) is 17.5 Å². The summed E-state index contributed by atoms with van der Waals surface area (Å²) in [5, 5.41) is 10.7. The molecule has 0 aliphatic carbocycles. The van der Waals surface area contributed by atoms with E-state index in [0.29, 0.717) is 13.1 Å². The van der Waals surface area contributed by atoms with E-state index in [-0.39, 0.29) is 28.8 Å². The molecular weight excluding hydrogens is 278 g/mol. The number of rotatable bonds is 2. The number of nitrogens with zero attached hydrogens (tertiary/aromatic N) is 3. The van der Waals surface area contributed by atoms with Crippen molar-refractivity contribution in [3.05, 3.63) is 39.4 Å². The fourth-order valence-electron chi connectivity index (χ4n) is 2.57. The molecule has 2 aliphatic heterocycles. The number of non-ortho nitro benzene ring substituents is 1. The summed E-state index contributed by atoms with van der Waals surface area (Å²) in [4.78, 5) is 48.4. The van der Waals surface area contributed by atoms with Gasteiger partial charge in [-0.2, -0.15) is 0 Å². The Labute approximate surface area is 119 Å². The van der Waals surface area contributed by atoms with Crippen LogP contribution < -0.4 is 0 Å². The Hall–Kier alpha value is -2.77. The lowest BCUT2D eigenvalue weighted by Crippen LogP contribution is -2.61. The van der Waals surface area contributed by atoms with Gasteiger partial charge in [0, 0.05) is 32.1 Å². The summed E-state index contributed by atoms with van der Waals surface area (Å²) in [6, 6.07) is 3.27. The summed E-state index contributed by atoms with van der Waals surface area (Å²) in [7, 11) is 0. The summed E-state index contributed by atoms with van der Waals surface area (Å²) in [5.74, 6) is -1.11. The van der Waals surface area contributed by atoms with Crippen LogP contribution >= 0.6 is 0 Å². The Morgan fingerprint density at radius 1 is 1.24 bits per heavy atom. The number of carbonyl (C=O) groups is 3. The van der Waals surface area contributed by atoms with Crippen LogP contribution in [0.2, 0.25) is 0 Å². The maximum absolute atomic E-state index is 12.3. The van der Waals surface area contributed by atoms with Crippen LogP contribution in [0.4, 0.5) is 5.69 Å². The predicted octanol–water partition coefficient (Wildman–Crippen LogP) is 0.421. The third kappa shape index (κ3) is 1.87. The fourth-order valence-corrected chi connectivity index (χ4v) is 2.57. The number of carbonyl (C=O) groups excluding carboxylic acids is 3. The van der Waals surface area contributed by atoms with Crippen molar-refractivity contribution in [3.63, 3.8) is 0 Å². The summed E-state index contributed by atoms with van der Waals surface area (Å²) in [5.41, 5.74) is -0.00179. The molecule has 0 atom stereocenters. The fraction of sp³-hybridized carbons (Fsp3) is 0.308. The topological polar surface area (TPSA) is 101 Å². The molecule has 0 saturated carbocycles. The lowest BCUT2D eigenvalue weighted by atomic mass is 10.1. The molecule has 0 radical (unpaired) electrons. The average Bonchev–Trinajstić information content (AvgIpc) is 2.61. The van der Waals surface area contributed by atoms with Crippen molar-refractivity contribution >= 4 is 23.4 Å². The van der Waals surface area contributed by atoms with Gasteiger partial charge in [-0.05, 0) is 6.07 Å². The van der Waals surface area contributed by atoms with Gasteiger partial charge in [-0.25, -0.2) is 0 Å². The first kappa shape index (κ1) is 13.2. The number of hydrogen-bond acceptors (Lipinski definition) is 5. The van der Waals surface area contributed by atoms with E-state index in [4.69, 9.17) is 0 Å². The molecule has 1 fully saturated rings. The van der Waals surface area contributed by atoms with Gasteiger partial charge in [-0.3, -0.25) is 29.4 Å². The molecule has 0 unspecified atom stereocenters. The molecule has 2 aliphatic rings. The Bertz CT molecular complexity index is 693. The van der Waals surface area contributed by atoms with Crippen molar-refractivity contribution in [2.75, 3.05) is 13.1 Å². The van der Waals surface area contributed by atoms with Gasteiger partial charge >= 0.3 is 0 Å². The highest BCUT2D eigenvalue weighted by Gasteiger charge is 2.45. The Kier molecular flexibility index (Phi) is 2.75. The van der Waals surface area contributed by atoms with Crippen molar-refractivity contribution < 1.29 is 19.3 Å². The number of imide groups is 1. The minimum Gasteiger partial charge on any atom is -0.339 e. The molecule has 1 saturated heterocycles. The van der Waals surface area contributed by atoms with Crippen LogP contribution in [0.25, 0.3) is 0 Å². The standard InChI is InChI=1S/C13H11N3O5/c1-7(17)14-5-9(6-14)15-12(18)10-3-2-8(16(20)21)4-11(10)13(15)19/h2-4,9H,5-6H2,1H3. The van der Waals surface area contributed by atoms with Gasteiger partial charge in [-0.1, -0.05) is 0 Å². The minimum absolute atomic E-state index is 0.0514. The van der Waals surface area contributed by atoms with E-state index < -0.39 is 16.7 Å². The van der Waals surface area contributed by atoms with E-state index in [0.717, 1.165) is 11.0 Å². The molecule has 0 aromatic heterocycles. The van der Waals surface area contributed by atoms with Crippen LogP contribution in [0.15, 0.2) is 18.2 Å². The van der Waals surface area contributed by atoms with Gasteiger partial charge in [0.05, 0.1) is 22.1 Å². The first-order chi connectivity index (χ1) is 9.90. The molecule has 0 spiro atoms. The molecule has 3 amide bonds. The van der Waals surface area contributed by atoms with Crippen LogP contribution in [-0.2, 0) is 4.79 Å². The summed E-state index contributed by atoms with van der Waals surface area (Å²) >= 11 is 0. The lowest BCUT2D eigenvalue weighted by Gasteiger charge is -2.42. The maximum atomic E-state index is 12.3. The Balaban J connectivity index is 1.88. The van der Waals surface area contributed by atoms with Gasteiger partial charge < -0.3 is 4.90 Å². The summed E-state index contributed by atoms with van der Waals surface area (Å²) in [6.45, 7) is 2.04. The lowest BCUT2D eigenvalue weighted by molar-refractivity contribution is -0.384. The number of likely N-dealkylation sites (tertiary alicyclic amines) is 1. The second-order valence-corrected chi connectivity index (χ2v) is 5.05. The molecule has 1 aromatic carbocycles. The van der Waals surface area contributed by atoms with Crippen LogP contribution in [0.1, 0.15) is 27.6 Å². The number of benzene rings is 1. The number of nitro benzene ring substituents is 1. The highest BCUT2D eigenvalue weighted by Crippen LogP contribution is 2.30. The molecule has 2 heterocycles. The largest absolute Gasteiger partial charge is 0.339 e. The van der Waals surface area contributed by atoms with Crippen molar-refractivity contribution in [1.29, 1.82) is 0 Å². The number of hydrogen-bond donors (Lipinski definition) is 0. The third-order valence-electron chi connectivity index (χ3n) is 3.79. The number of amides is 3. The first-order valence-corrected chi connectivity index (χ1v) is 6.32. The third-order valence-corrected chi connectivity index (χ3v) is 3.79. The van der Waals surface area contributed by atoms with Gasteiger partial charge in [-0.15, -0.1) is 0 Å².